The van der Waals surface area contributed by atoms with Gasteiger partial charge in [-0.1, -0.05) is 55.5 Å². The van der Waals surface area contributed by atoms with Gasteiger partial charge in [0.15, 0.2) is 0 Å². The normalized spacial score (nSPS) is 10.7. The lowest BCUT2D eigenvalue weighted by Gasteiger charge is -2.09. The second-order valence-corrected chi connectivity index (χ2v) is 6.26. The molecule has 3 rings (SSSR count). The van der Waals surface area contributed by atoms with Crippen LogP contribution in [-0.4, -0.2) is 5.97 Å². The fraction of sp³-hybridized carbons (Fsp3) is 0.150. The molecule has 0 aliphatic carbocycles. The average molecular weight is 369 g/mol. The molecular formula is C20H17BrO2. The van der Waals surface area contributed by atoms with Gasteiger partial charge in [-0.05, 0) is 56.4 Å². The van der Waals surface area contributed by atoms with Crippen LogP contribution in [0.15, 0.2) is 65.1 Å². The highest BCUT2D eigenvalue weighted by atomic mass is 79.9. The van der Waals surface area contributed by atoms with Crippen molar-refractivity contribution in [1.29, 1.82) is 0 Å². The summed E-state index contributed by atoms with van der Waals surface area (Å²) >= 11 is 3.46. The largest absolute Gasteiger partial charge is 0.425 e. The zero-order chi connectivity index (χ0) is 16.2. The number of fused-ring (bicyclic) bond motifs is 1. The Balaban J connectivity index is 1.79. The molecule has 0 spiro atoms. The van der Waals surface area contributed by atoms with Crippen LogP contribution in [0.2, 0.25) is 0 Å². The first kappa shape index (κ1) is 15.8. The molecule has 3 aromatic rings. The highest BCUT2D eigenvalue weighted by Crippen LogP contribution is 2.27. The molecule has 116 valence electrons. The molecule has 0 aromatic heterocycles. The zero-order valence-corrected chi connectivity index (χ0v) is 14.5. The Morgan fingerprint density at radius 2 is 1.83 bits per heavy atom. The van der Waals surface area contributed by atoms with Crippen LogP contribution in [0, 0.1) is 0 Å². The molecule has 0 amide bonds. The van der Waals surface area contributed by atoms with Gasteiger partial charge < -0.3 is 4.74 Å². The van der Waals surface area contributed by atoms with E-state index < -0.39 is 0 Å². The molecule has 0 heterocycles. The topological polar surface area (TPSA) is 26.3 Å². The van der Waals surface area contributed by atoms with Gasteiger partial charge in [0.1, 0.15) is 5.75 Å². The third kappa shape index (κ3) is 3.62. The van der Waals surface area contributed by atoms with Crippen molar-refractivity contribution in [2.24, 2.45) is 0 Å². The first-order chi connectivity index (χ1) is 11.2. The molecule has 0 bridgehead atoms. The Bertz CT molecular complexity index is 850. The fourth-order valence-corrected chi connectivity index (χ4v) is 3.12. The maximum Gasteiger partial charge on any atom is 0.315 e. The van der Waals surface area contributed by atoms with E-state index in [-0.39, 0.29) is 12.4 Å². The number of aryl methyl sites for hydroxylation is 1. The molecule has 0 saturated carbocycles. The van der Waals surface area contributed by atoms with Crippen molar-refractivity contribution in [3.8, 4) is 5.75 Å². The summed E-state index contributed by atoms with van der Waals surface area (Å²) in [6.07, 6.45) is 1.20. The quantitative estimate of drug-likeness (QED) is 0.460. The molecule has 0 aliphatic rings. The van der Waals surface area contributed by atoms with E-state index in [1.807, 2.05) is 60.7 Å². The van der Waals surface area contributed by atoms with E-state index in [0.717, 1.165) is 27.2 Å². The minimum absolute atomic E-state index is 0.253. The fourth-order valence-electron chi connectivity index (χ4n) is 2.61. The van der Waals surface area contributed by atoms with Gasteiger partial charge in [0.25, 0.3) is 0 Å². The van der Waals surface area contributed by atoms with Crippen LogP contribution in [-0.2, 0) is 17.6 Å². The van der Waals surface area contributed by atoms with Crippen molar-refractivity contribution in [2.45, 2.75) is 19.8 Å². The predicted molar refractivity (Wildman–Crippen MR) is 96.8 cm³/mol. The lowest BCUT2D eigenvalue weighted by atomic mass is 10.0. The zero-order valence-electron chi connectivity index (χ0n) is 12.9. The third-order valence-corrected chi connectivity index (χ3v) is 4.46. The van der Waals surface area contributed by atoms with Crippen LogP contribution in [0.25, 0.3) is 10.8 Å². The molecular weight excluding hydrogens is 352 g/mol. The lowest BCUT2D eigenvalue weighted by Crippen LogP contribution is -2.12. The van der Waals surface area contributed by atoms with Crippen LogP contribution in [0.1, 0.15) is 18.1 Å². The van der Waals surface area contributed by atoms with Gasteiger partial charge in [-0.15, -0.1) is 0 Å². The number of halogens is 1. The first-order valence-corrected chi connectivity index (χ1v) is 8.42. The summed E-state index contributed by atoms with van der Waals surface area (Å²) in [5.41, 5.74) is 2.18. The van der Waals surface area contributed by atoms with Gasteiger partial charge in [-0.25, -0.2) is 0 Å². The molecule has 3 heteroatoms. The van der Waals surface area contributed by atoms with Gasteiger partial charge in [0, 0.05) is 0 Å². The van der Waals surface area contributed by atoms with Crippen molar-refractivity contribution in [2.75, 3.05) is 0 Å². The summed E-state index contributed by atoms with van der Waals surface area (Å²) in [4.78, 5) is 12.3. The van der Waals surface area contributed by atoms with Crippen LogP contribution in [0.3, 0.4) is 0 Å². The molecule has 0 aliphatic heterocycles. The van der Waals surface area contributed by atoms with E-state index >= 15 is 0 Å². The number of carbonyl (C=O) groups is 1. The van der Waals surface area contributed by atoms with Crippen LogP contribution >= 0.6 is 15.9 Å². The van der Waals surface area contributed by atoms with Crippen LogP contribution in [0.5, 0.6) is 5.75 Å². The molecule has 0 atom stereocenters. The summed E-state index contributed by atoms with van der Waals surface area (Å²) in [5.74, 6) is 0.304. The minimum Gasteiger partial charge on any atom is -0.425 e. The number of hydrogen-bond donors (Lipinski definition) is 0. The van der Waals surface area contributed by atoms with Crippen molar-refractivity contribution >= 4 is 32.7 Å². The maximum atomic E-state index is 12.3. The summed E-state index contributed by atoms with van der Waals surface area (Å²) in [6.45, 7) is 2.09. The Morgan fingerprint density at radius 1 is 1.04 bits per heavy atom. The number of ether oxygens (including phenoxy) is 1. The van der Waals surface area contributed by atoms with Gasteiger partial charge in [0.2, 0.25) is 0 Å². The second kappa shape index (κ2) is 6.97. The number of hydrogen-bond acceptors (Lipinski definition) is 2. The third-order valence-electron chi connectivity index (χ3n) is 3.84. The number of benzene rings is 3. The Kier molecular flexibility index (Phi) is 4.77. The Morgan fingerprint density at radius 3 is 2.61 bits per heavy atom. The monoisotopic (exact) mass is 368 g/mol. The van der Waals surface area contributed by atoms with Crippen molar-refractivity contribution in [3.05, 3.63) is 76.3 Å². The standard InChI is InChI=1S/C20H17BrO2/c1-2-14-10-11-19(18(21)12-14)23-20(22)13-16-8-5-7-15-6-3-4-9-17(15)16/h3-12H,2,13H2,1H3. The van der Waals surface area contributed by atoms with Crippen LogP contribution in [0.4, 0.5) is 0 Å². The molecule has 23 heavy (non-hydrogen) atoms. The van der Waals surface area contributed by atoms with Crippen molar-refractivity contribution < 1.29 is 9.53 Å². The first-order valence-electron chi connectivity index (χ1n) is 7.63. The van der Waals surface area contributed by atoms with Crippen LogP contribution < -0.4 is 4.74 Å². The highest BCUT2D eigenvalue weighted by molar-refractivity contribution is 9.10. The average Bonchev–Trinajstić information content (AvgIpc) is 2.57. The highest BCUT2D eigenvalue weighted by Gasteiger charge is 2.11. The Labute approximate surface area is 144 Å². The van der Waals surface area contributed by atoms with Crippen molar-refractivity contribution in [1.82, 2.24) is 0 Å². The van der Waals surface area contributed by atoms with E-state index in [4.69, 9.17) is 4.74 Å². The van der Waals surface area contributed by atoms with E-state index in [9.17, 15) is 4.79 Å². The molecule has 0 N–H and O–H groups in total. The van der Waals surface area contributed by atoms with Gasteiger partial charge in [0.05, 0.1) is 10.9 Å². The van der Waals surface area contributed by atoms with Crippen molar-refractivity contribution in [3.63, 3.8) is 0 Å². The summed E-state index contributed by atoms with van der Waals surface area (Å²) in [6, 6.07) is 19.8. The van der Waals surface area contributed by atoms with Gasteiger partial charge in [-0.2, -0.15) is 0 Å². The minimum atomic E-state index is -0.258. The molecule has 0 saturated heterocycles. The molecule has 0 fully saturated rings. The maximum absolute atomic E-state index is 12.3. The van der Waals surface area contributed by atoms with Gasteiger partial charge in [-0.3, -0.25) is 4.79 Å². The predicted octanol–water partition coefficient (Wildman–Crippen LogP) is 5.31. The molecule has 0 radical (unpaired) electrons. The summed E-state index contributed by atoms with van der Waals surface area (Å²) in [7, 11) is 0. The SMILES string of the molecule is CCc1ccc(OC(=O)Cc2cccc3ccccc23)c(Br)c1. The lowest BCUT2D eigenvalue weighted by molar-refractivity contribution is -0.133. The number of esters is 1. The second-order valence-electron chi connectivity index (χ2n) is 5.41. The van der Waals surface area contributed by atoms with E-state index in [2.05, 4.69) is 22.9 Å². The number of rotatable bonds is 4. The molecule has 3 aromatic carbocycles. The van der Waals surface area contributed by atoms with E-state index in [0.29, 0.717) is 5.75 Å². The van der Waals surface area contributed by atoms with E-state index in [1.165, 1.54) is 5.56 Å². The smallest absolute Gasteiger partial charge is 0.315 e. The molecule has 2 nitrogen and oxygen atoms in total. The summed E-state index contributed by atoms with van der Waals surface area (Å²) < 4.78 is 6.32. The van der Waals surface area contributed by atoms with E-state index in [1.54, 1.807) is 0 Å². The Hall–Kier alpha value is -2.13. The summed E-state index contributed by atoms with van der Waals surface area (Å²) in [5, 5.41) is 2.22. The molecule has 0 unspecified atom stereocenters. The number of carbonyl (C=O) groups excluding carboxylic acids is 1. The van der Waals surface area contributed by atoms with Gasteiger partial charge >= 0.3 is 5.97 Å².